The first kappa shape index (κ1) is 14.4. The van der Waals surface area contributed by atoms with E-state index in [4.69, 9.17) is 0 Å². The van der Waals surface area contributed by atoms with Gasteiger partial charge in [-0.1, -0.05) is 31.0 Å². The van der Waals surface area contributed by atoms with Crippen LogP contribution in [0.2, 0.25) is 0 Å². The van der Waals surface area contributed by atoms with E-state index in [9.17, 15) is 13.2 Å². The van der Waals surface area contributed by atoms with Crippen molar-refractivity contribution in [3.63, 3.8) is 0 Å². The van der Waals surface area contributed by atoms with Crippen LogP contribution in [-0.2, 0) is 6.18 Å². The first-order chi connectivity index (χ1) is 8.91. The van der Waals surface area contributed by atoms with E-state index in [0.717, 1.165) is 32.1 Å². The van der Waals surface area contributed by atoms with Gasteiger partial charge in [0.2, 0.25) is 0 Å². The molecule has 0 saturated heterocycles. The Morgan fingerprint density at radius 1 is 1.11 bits per heavy atom. The molecule has 0 amide bonds. The van der Waals surface area contributed by atoms with E-state index in [0.29, 0.717) is 17.0 Å². The number of hydrogen-bond acceptors (Lipinski definition) is 0. The van der Waals surface area contributed by atoms with Gasteiger partial charge < -0.3 is 0 Å². The standard InChI is InChI=1S/C16H21F3/c1-3-12-5-7-13(8-6-12)14-9-4-11(2)10-15(14)16(17,18)19/h4,9-10,12-13H,3,5-8H2,1-2H3/t12-,13-. The highest BCUT2D eigenvalue weighted by Gasteiger charge is 2.36. The highest BCUT2D eigenvalue weighted by atomic mass is 19.4. The van der Waals surface area contributed by atoms with Crippen molar-refractivity contribution in [3.8, 4) is 0 Å². The molecule has 1 fully saturated rings. The molecule has 0 nitrogen and oxygen atoms in total. The molecule has 1 aliphatic carbocycles. The molecule has 1 saturated carbocycles. The van der Waals surface area contributed by atoms with Gasteiger partial charge in [0.05, 0.1) is 5.56 Å². The van der Waals surface area contributed by atoms with Gasteiger partial charge in [0.25, 0.3) is 0 Å². The summed E-state index contributed by atoms with van der Waals surface area (Å²) in [5.41, 5.74) is 0.762. The lowest BCUT2D eigenvalue weighted by Gasteiger charge is -2.30. The summed E-state index contributed by atoms with van der Waals surface area (Å²) >= 11 is 0. The van der Waals surface area contributed by atoms with E-state index in [1.165, 1.54) is 6.07 Å². The fourth-order valence-corrected chi connectivity index (χ4v) is 3.15. The monoisotopic (exact) mass is 270 g/mol. The maximum absolute atomic E-state index is 13.1. The van der Waals surface area contributed by atoms with Gasteiger partial charge in [-0.05, 0) is 56.1 Å². The highest BCUT2D eigenvalue weighted by molar-refractivity contribution is 5.36. The molecule has 0 radical (unpaired) electrons. The van der Waals surface area contributed by atoms with Crippen molar-refractivity contribution in [2.45, 2.75) is 58.0 Å². The molecule has 0 N–H and O–H groups in total. The zero-order chi connectivity index (χ0) is 14.0. The normalized spacial score (nSPS) is 24.5. The summed E-state index contributed by atoms with van der Waals surface area (Å²) in [6.45, 7) is 3.88. The molecule has 1 aliphatic rings. The average molecular weight is 270 g/mol. The average Bonchev–Trinajstić information content (AvgIpc) is 2.38. The second kappa shape index (κ2) is 5.56. The SMILES string of the molecule is CC[C@H]1CC[C@H](c2ccc(C)cc2C(F)(F)F)CC1. The number of aryl methyl sites for hydroxylation is 1. The third-order valence-corrected chi connectivity index (χ3v) is 4.38. The molecule has 2 rings (SSSR count). The van der Waals surface area contributed by atoms with E-state index in [2.05, 4.69) is 6.92 Å². The summed E-state index contributed by atoms with van der Waals surface area (Å²) in [5, 5.41) is 0. The highest BCUT2D eigenvalue weighted by Crippen LogP contribution is 2.42. The first-order valence-corrected chi connectivity index (χ1v) is 7.09. The van der Waals surface area contributed by atoms with Gasteiger partial charge in [-0.3, -0.25) is 0 Å². The van der Waals surface area contributed by atoms with Crippen molar-refractivity contribution in [2.24, 2.45) is 5.92 Å². The molecule has 0 unspecified atom stereocenters. The number of hydrogen-bond donors (Lipinski definition) is 0. The van der Waals surface area contributed by atoms with Crippen molar-refractivity contribution >= 4 is 0 Å². The number of alkyl halides is 3. The Bertz CT molecular complexity index is 426. The van der Waals surface area contributed by atoms with Crippen LogP contribution in [0.1, 0.15) is 61.6 Å². The maximum atomic E-state index is 13.1. The molecule has 1 aromatic rings. The van der Waals surface area contributed by atoms with Crippen molar-refractivity contribution in [2.75, 3.05) is 0 Å². The summed E-state index contributed by atoms with van der Waals surface area (Å²) < 4.78 is 39.4. The fraction of sp³-hybridized carbons (Fsp3) is 0.625. The van der Waals surface area contributed by atoms with Crippen LogP contribution >= 0.6 is 0 Å². The third kappa shape index (κ3) is 3.31. The van der Waals surface area contributed by atoms with E-state index in [1.807, 2.05) is 0 Å². The fourth-order valence-electron chi connectivity index (χ4n) is 3.15. The Morgan fingerprint density at radius 3 is 2.26 bits per heavy atom. The molecule has 0 spiro atoms. The third-order valence-electron chi connectivity index (χ3n) is 4.38. The van der Waals surface area contributed by atoms with Gasteiger partial charge in [-0.15, -0.1) is 0 Å². The molecule has 0 aromatic heterocycles. The lowest BCUT2D eigenvalue weighted by Crippen LogP contribution is -2.17. The van der Waals surface area contributed by atoms with Crippen molar-refractivity contribution < 1.29 is 13.2 Å². The second-order valence-corrected chi connectivity index (χ2v) is 5.71. The van der Waals surface area contributed by atoms with Crippen molar-refractivity contribution in [3.05, 3.63) is 34.9 Å². The van der Waals surface area contributed by atoms with Crippen LogP contribution in [0.5, 0.6) is 0 Å². The summed E-state index contributed by atoms with van der Waals surface area (Å²) in [5.74, 6) is 0.788. The zero-order valence-corrected chi connectivity index (χ0v) is 11.6. The van der Waals surface area contributed by atoms with Crippen LogP contribution in [0.3, 0.4) is 0 Å². The Morgan fingerprint density at radius 2 is 1.74 bits per heavy atom. The number of benzene rings is 1. The minimum absolute atomic E-state index is 0.0834. The molecule has 19 heavy (non-hydrogen) atoms. The first-order valence-electron chi connectivity index (χ1n) is 7.09. The van der Waals surface area contributed by atoms with Gasteiger partial charge in [0.1, 0.15) is 0 Å². The largest absolute Gasteiger partial charge is 0.416 e. The molecule has 1 aromatic carbocycles. The Kier molecular flexibility index (Phi) is 4.22. The lowest BCUT2D eigenvalue weighted by atomic mass is 9.76. The molecule has 0 heterocycles. The van der Waals surface area contributed by atoms with Gasteiger partial charge in [-0.25, -0.2) is 0 Å². The quantitative estimate of drug-likeness (QED) is 0.647. The Hall–Kier alpha value is -0.990. The predicted molar refractivity (Wildman–Crippen MR) is 71.2 cm³/mol. The van der Waals surface area contributed by atoms with Crippen LogP contribution in [0.4, 0.5) is 13.2 Å². The molecule has 0 bridgehead atoms. The summed E-state index contributed by atoms with van der Waals surface area (Å²) in [6, 6.07) is 4.78. The van der Waals surface area contributed by atoms with Crippen LogP contribution in [-0.4, -0.2) is 0 Å². The second-order valence-electron chi connectivity index (χ2n) is 5.71. The van der Waals surface area contributed by atoms with E-state index in [1.54, 1.807) is 19.1 Å². The van der Waals surface area contributed by atoms with Gasteiger partial charge in [0.15, 0.2) is 0 Å². The Balaban J connectivity index is 2.25. The lowest BCUT2D eigenvalue weighted by molar-refractivity contribution is -0.138. The van der Waals surface area contributed by atoms with Crippen molar-refractivity contribution in [1.29, 1.82) is 0 Å². The minimum Gasteiger partial charge on any atom is -0.166 e. The van der Waals surface area contributed by atoms with Gasteiger partial charge in [-0.2, -0.15) is 13.2 Å². The van der Waals surface area contributed by atoms with Crippen LogP contribution in [0.25, 0.3) is 0 Å². The van der Waals surface area contributed by atoms with Crippen LogP contribution < -0.4 is 0 Å². The predicted octanol–water partition coefficient (Wildman–Crippen LogP) is 5.70. The summed E-state index contributed by atoms with van der Waals surface area (Å²) in [7, 11) is 0. The topological polar surface area (TPSA) is 0 Å². The molecule has 106 valence electrons. The molecule has 3 heteroatoms. The summed E-state index contributed by atoms with van der Waals surface area (Å²) in [4.78, 5) is 0. The van der Waals surface area contributed by atoms with Gasteiger partial charge in [0, 0.05) is 0 Å². The number of halogens is 3. The number of rotatable bonds is 2. The smallest absolute Gasteiger partial charge is 0.166 e. The minimum atomic E-state index is -4.23. The molecular formula is C16H21F3. The molecule has 0 atom stereocenters. The van der Waals surface area contributed by atoms with E-state index >= 15 is 0 Å². The van der Waals surface area contributed by atoms with Crippen molar-refractivity contribution in [1.82, 2.24) is 0 Å². The summed E-state index contributed by atoms with van der Waals surface area (Å²) in [6.07, 6.45) is 0.823. The maximum Gasteiger partial charge on any atom is 0.416 e. The van der Waals surface area contributed by atoms with Gasteiger partial charge >= 0.3 is 6.18 Å². The molecule has 0 aliphatic heterocycles. The molecular weight excluding hydrogens is 249 g/mol. The van der Waals surface area contributed by atoms with E-state index < -0.39 is 11.7 Å². The van der Waals surface area contributed by atoms with Crippen LogP contribution in [0.15, 0.2) is 18.2 Å². The van der Waals surface area contributed by atoms with E-state index in [-0.39, 0.29) is 5.92 Å². The van der Waals surface area contributed by atoms with Crippen LogP contribution in [0, 0.1) is 12.8 Å². The zero-order valence-electron chi connectivity index (χ0n) is 11.6. The Labute approximate surface area is 113 Å².